The van der Waals surface area contributed by atoms with Gasteiger partial charge in [0.2, 0.25) is 0 Å². The third kappa shape index (κ3) is 4.04. The molecule has 2 nitrogen and oxygen atoms in total. The Morgan fingerprint density at radius 3 is 2.29 bits per heavy atom. The zero-order chi connectivity index (χ0) is 12.8. The predicted octanol–water partition coefficient (Wildman–Crippen LogP) is 3.39. The number of amides is 1. The quantitative estimate of drug-likeness (QED) is 0.737. The summed E-state index contributed by atoms with van der Waals surface area (Å²) >= 11 is 5.67. The van der Waals surface area contributed by atoms with Crippen LogP contribution in [0.5, 0.6) is 0 Å². The van der Waals surface area contributed by atoms with Gasteiger partial charge in [0, 0.05) is 24.5 Å². The number of hydrogen-bond acceptors (Lipinski definition) is 1. The van der Waals surface area contributed by atoms with Crippen LogP contribution in [-0.2, 0) is 0 Å². The van der Waals surface area contributed by atoms with Gasteiger partial charge in [-0.05, 0) is 39.3 Å². The maximum Gasteiger partial charge on any atom is 0.253 e. The molecule has 3 heteroatoms. The first-order valence-electron chi connectivity index (χ1n) is 6.02. The van der Waals surface area contributed by atoms with Crippen molar-refractivity contribution in [3.8, 4) is 0 Å². The number of rotatable bonds is 5. The lowest BCUT2D eigenvalue weighted by molar-refractivity contribution is 0.0764. The third-order valence-corrected chi connectivity index (χ3v) is 2.97. The molecule has 0 heterocycles. The van der Waals surface area contributed by atoms with E-state index < -0.39 is 0 Å². The molecule has 1 aromatic carbocycles. The van der Waals surface area contributed by atoms with Crippen molar-refractivity contribution in [3.05, 3.63) is 34.9 Å². The van der Waals surface area contributed by atoms with E-state index >= 15 is 0 Å². The van der Waals surface area contributed by atoms with Crippen molar-refractivity contribution < 1.29 is 4.79 Å². The lowest BCUT2D eigenvalue weighted by Gasteiger charge is -2.20. The molecule has 1 rings (SSSR count). The van der Waals surface area contributed by atoms with Gasteiger partial charge in [-0.15, -0.1) is 11.6 Å². The summed E-state index contributed by atoms with van der Waals surface area (Å²) < 4.78 is 0. The van der Waals surface area contributed by atoms with E-state index in [0.717, 1.165) is 36.2 Å². The maximum atomic E-state index is 12.3. The van der Waals surface area contributed by atoms with Gasteiger partial charge in [0.05, 0.1) is 0 Å². The lowest BCUT2D eigenvalue weighted by Crippen LogP contribution is -2.32. The number of benzene rings is 1. The summed E-state index contributed by atoms with van der Waals surface area (Å²) in [6, 6.07) is 5.96. The fourth-order valence-electron chi connectivity index (χ4n) is 1.93. The van der Waals surface area contributed by atoms with E-state index in [4.69, 9.17) is 11.6 Å². The summed E-state index contributed by atoms with van der Waals surface area (Å²) in [6.07, 6.45) is 0.839. The molecule has 0 unspecified atom stereocenters. The van der Waals surface area contributed by atoms with Crippen LogP contribution in [0.3, 0.4) is 0 Å². The van der Waals surface area contributed by atoms with Gasteiger partial charge in [0.15, 0.2) is 0 Å². The van der Waals surface area contributed by atoms with Gasteiger partial charge >= 0.3 is 0 Å². The molecule has 0 spiro atoms. The SMILES string of the molecule is CCN(CCCCl)C(=O)c1cc(C)cc(C)c1. The molecule has 0 aliphatic heterocycles. The van der Waals surface area contributed by atoms with Crippen molar-refractivity contribution >= 4 is 17.5 Å². The second-order valence-electron chi connectivity index (χ2n) is 4.30. The van der Waals surface area contributed by atoms with Crippen LogP contribution < -0.4 is 0 Å². The number of alkyl halides is 1. The van der Waals surface area contributed by atoms with Gasteiger partial charge in [0.25, 0.3) is 5.91 Å². The molecule has 0 N–H and O–H groups in total. The maximum absolute atomic E-state index is 12.3. The molecule has 0 aliphatic rings. The minimum absolute atomic E-state index is 0.101. The zero-order valence-electron chi connectivity index (χ0n) is 10.8. The topological polar surface area (TPSA) is 20.3 Å². The number of halogens is 1. The third-order valence-electron chi connectivity index (χ3n) is 2.70. The minimum Gasteiger partial charge on any atom is -0.339 e. The van der Waals surface area contributed by atoms with Crippen molar-refractivity contribution in [2.45, 2.75) is 27.2 Å². The second-order valence-corrected chi connectivity index (χ2v) is 4.68. The zero-order valence-corrected chi connectivity index (χ0v) is 11.5. The van der Waals surface area contributed by atoms with E-state index in [1.54, 1.807) is 0 Å². The monoisotopic (exact) mass is 253 g/mol. The molecule has 0 bridgehead atoms. The minimum atomic E-state index is 0.101. The van der Waals surface area contributed by atoms with E-state index in [0.29, 0.717) is 5.88 Å². The Labute approximate surface area is 109 Å². The number of hydrogen-bond donors (Lipinski definition) is 0. The molecule has 0 saturated heterocycles. The van der Waals surface area contributed by atoms with E-state index in [1.807, 2.05) is 37.8 Å². The van der Waals surface area contributed by atoms with E-state index in [-0.39, 0.29) is 5.91 Å². The largest absolute Gasteiger partial charge is 0.339 e. The van der Waals surface area contributed by atoms with Crippen molar-refractivity contribution in [2.24, 2.45) is 0 Å². The summed E-state index contributed by atoms with van der Waals surface area (Å²) in [6.45, 7) is 7.47. The Morgan fingerprint density at radius 2 is 1.82 bits per heavy atom. The number of carbonyl (C=O) groups excluding carboxylic acids is 1. The molecule has 0 fully saturated rings. The molecule has 17 heavy (non-hydrogen) atoms. The summed E-state index contributed by atoms with van der Waals surface area (Å²) in [5.41, 5.74) is 3.03. The van der Waals surface area contributed by atoms with Crippen LogP contribution in [0.2, 0.25) is 0 Å². The second kappa shape index (κ2) is 6.65. The average molecular weight is 254 g/mol. The van der Waals surface area contributed by atoms with Crippen molar-refractivity contribution in [1.29, 1.82) is 0 Å². The Morgan fingerprint density at radius 1 is 1.24 bits per heavy atom. The first-order valence-corrected chi connectivity index (χ1v) is 6.55. The fourth-order valence-corrected chi connectivity index (χ4v) is 2.05. The molecule has 0 radical (unpaired) electrons. The van der Waals surface area contributed by atoms with Gasteiger partial charge in [-0.2, -0.15) is 0 Å². The van der Waals surface area contributed by atoms with Crippen molar-refractivity contribution in [3.63, 3.8) is 0 Å². The standard InChI is InChI=1S/C14H20ClNO/c1-4-16(7-5-6-15)14(17)13-9-11(2)8-12(3)10-13/h8-10H,4-7H2,1-3H3. The van der Waals surface area contributed by atoms with Gasteiger partial charge < -0.3 is 4.90 Å². The number of carbonyl (C=O) groups is 1. The van der Waals surface area contributed by atoms with Crippen LogP contribution in [0.25, 0.3) is 0 Å². The summed E-state index contributed by atoms with van der Waals surface area (Å²) in [7, 11) is 0. The summed E-state index contributed by atoms with van der Waals surface area (Å²) in [4.78, 5) is 14.1. The van der Waals surface area contributed by atoms with Crippen molar-refractivity contribution in [1.82, 2.24) is 4.90 Å². The van der Waals surface area contributed by atoms with E-state index in [9.17, 15) is 4.79 Å². The van der Waals surface area contributed by atoms with Crippen LogP contribution in [0.1, 0.15) is 34.8 Å². The fraction of sp³-hybridized carbons (Fsp3) is 0.500. The van der Waals surface area contributed by atoms with Gasteiger partial charge in [-0.25, -0.2) is 0 Å². The van der Waals surface area contributed by atoms with Crippen molar-refractivity contribution in [2.75, 3.05) is 19.0 Å². The molecule has 1 aromatic rings. The Hall–Kier alpha value is -1.02. The van der Waals surface area contributed by atoms with Crippen LogP contribution in [0, 0.1) is 13.8 Å². The smallest absolute Gasteiger partial charge is 0.253 e. The molecular formula is C14H20ClNO. The van der Waals surface area contributed by atoms with Crippen LogP contribution in [-0.4, -0.2) is 29.8 Å². The summed E-state index contributed by atoms with van der Waals surface area (Å²) in [5, 5.41) is 0. The highest BCUT2D eigenvalue weighted by molar-refractivity contribution is 6.17. The van der Waals surface area contributed by atoms with Crippen LogP contribution in [0.4, 0.5) is 0 Å². The molecule has 0 aliphatic carbocycles. The molecular weight excluding hydrogens is 234 g/mol. The highest BCUT2D eigenvalue weighted by Crippen LogP contribution is 2.12. The summed E-state index contributed by atoms with van der Waals surface area (Å²) in [5.74, 6) is 0.695. The highest BCUT2D eigenvalue weighted by atomic mass is 35.5. The number of aryl methyl sites for hydroxylation is 2. The Bertz CT molecular complexity index is 370. The van der Waals surface area contributed by atoms with E-state index in [1.165, 1.54) is 0 Å². The Balaban J connectivity index is 2.85. The molecule has 94 valence electrons. The van der Waals surface area contributed by atoms with Crippen LogP contribution >= 0.6 is 11.6 Å². The van der Waals surface area contributed by atoms with Gasteiger partial charge in [-0.3, -0.25) is 4.79 Å². The molecule has 0 aromatic heterocycles. The first-order chi connectivity index (χ1) is 8.08. The van der Waals surface area contributed by atoms with Crippen LogP contribution in [0.15, 0.2) is 18.2 Å². The molecule has 1 amide bonds. The average Bonchev–Trinajstić information content (AvgIpc) is 2.28. The van der Waals surface area contributed by atoms with Gasteiger partial charge in [0.1, 0.15) is 0 Å². The highest BCUT2D eigenvalue weighted by Gasteiger charge is 2.13. The number of nitrogens with zero attached hydrogens (tertiary/aromatic N) is 1. The normalized spacial score (nSPS) is 10.4. The lowest BCUT2D eigenvalue weighted by atomic mass is 10.1. The van der Waals surface area contributed by atoms with E-state index in [2.05, 4.69) is 6.07 Å². The molecule has 0 atom stereocenters. The molecule has 0 saturated carbocycles. The predicted molar refractivity (Wildman–Crippen MR) is 72.8 cm³/mol. The first kappa shape index (κ1) is 14.0. The van der Waals surface area contributed by atoms with Gasteiger partial charge in [-0.1, -0.05) is 17.2 Å². The Kier molecular flexibility index (Phi) is 5.49.